The number of ether oxygens (including phenoxy) is 1. The zero-order valence-electron chi connectivity index (χ0n) is 12.1. The topological polar surface area (TPSA) is 105 Å². The van der Waals surface area contributed by atoms with E-state index in [9.17, 15) is 22.8 Å². The summed E-state index contributed by atoms with van der Waals surface area (Å²) < 4.78 is 42.9. The Balaban J connectivity index is 1.99. The van der Waals surface area contributed by atoms with Gasteiger partial charge in [-0.2, -0.15) is 18.2 Å². The molecule has 2 aromatic rings. The molecule has 0 bridgehead atoms. The molecular formula is C13H11F3N4O4. The third kappa shape index (κ3) is 4.38. The number of imidazole rings is 1. The van der Waals surface area contributed by atoms with Crippen molar-refractivity contribution in [3.05, 3.63) is 36.0 Å². The molecule has 0 spiro atoms. The molecule has 0 radical (unpaired) electrons. The number of hydrogen-bond donors (Lipinski definition) is 3. The van der Waals surface area contributed by atoms with Crippen LogP contribution in [0.3, 0.4) is 0 Å². The minimum absolute atomic E-state index is 0.00170. The molecule has 2 amide bonds. The number of alkyl halides is 3. The van der Waals surface area contributed by atoms with E-state index in [0.29, 0.717) is 0 Å². The van der Waals surface area contributed by atoms with Gasteiger partial charge in [0.1, 0.15) is 0 Å². The van der Waals surface area contributed by atoms with Gasteiger partial charge in [-0.1, -0.05) is 0 Å². The van der Waals surface area contributed by atoms with E-state index in [1.165, 1.54) is 17.8 Å². The molecule has 1 heterocycles. The number of halogens is 3. The molecular weight excluding hydrogens is 333 g/mol. The van der Waals surface area contributed by atoms with Gasteiger partial charge in [-0.3, -0.25) is 5.32 Å². The summed E-state index contributed by atoms with van der Waals surface area (Å²) in [6.45, 7) is 0. The van der Waals surface area contributed by atoms with Gasteiger partial charge in [0.2, 0.25) is 0 Å². The van der Waals surface area contributed by atoms with Crippen LogP contribution >= 0.6 is 0 Å². The molecule has 0 aliphatic heterocycles. The van der Waals surface area contributed by atoms with Crippen LogP contribution in [-0.4, -0.2) is 26.8 Å². The highest BCUT2D eigenvalue weighted by atomic mass is 19.4. The fourth-order valence-electron chi connectivity index (χ4n) is 1.70. The first kappa shape index (κ1) is 17.1. The Morgan fingerprint density at radius 1 is 1.21 bits per heavy atom. The fourth-order valence-corrected chi connectivity index (χ4v) is 1.70. The first-order chi connectivity index (χ1) is 11.1. The molecule has 0 aliphatic carbocycles. The van der Waals surface area contributed by atoms with E-state index in [1.807, 2.05) is 0 Å². The van der Waals surface area contributed by atoms with Gasteiger partial charge < -0.3 is 19.7 Å². The van der Waals surface area contributed by atoms with Crippen molar-refractivity contribution in [3.63, 3.8) is 0 Å². The van der Waals surface area contributed by atoms with Crippen molar-refractivity contribution >= 4 is 23.7 Å². The van der Waals surface area contributed by atoms with Crippen LogP contribution < -0.4 is 15.4 Å². The summed E-state index contributed by atoms with van der Waals surface area (Å²) in [6.07, 6.45) is -4.73. The van der Waals surface area contributed by atoms with Crippen LogP contribution in [0.15, 0.2) is 30.5 Å². The highest BCUT2D eigenvalue weighted by Crippen LogP contribution is 2.29. The number of rotatable bonds is 3. The Bertz CT molecular complexity index is 756. The Kier molecular flexibility index (Phi) is 4.62. The number of urea groups is 1. The van der Waals surface area contributed by atoms with Gasteiger partial charge in [-0.25, -0.2) is 9.59 Å². The van der Waals surface area contributed by atoms with Crippen molar-refractivity contribution in [2.75, 3.05) is 10.6 Å². The molecule has 1 aromatic heterocycles. The van der Waals surface area contributed by atoms with E-state index in [0.717, 1.165) is 24.3 Å². The molecule has 128 valence electrons. The zero-order valence-corrected chi connectivity index (χ0v) is 12.1. The number of amides is 2. The minimum atomic E-state index is -4.46. The summed E-state index contributed by atoms with van der Waals surface area (Å²) in [4.78, 5) is 25.9. The van der Waals surface area contributed by atoms with Gasteiger partial charge in [0.25, 0.3) is 0 Å². The fraction of sp³-hybridized carbons (Fsp3) is 0.154. The highest BCUT2D eigenvalue weighted by Gasteiger charge is 2.30. The third-order valence-electron chi connectivity index (χ3n) is 2.72. The van der Waals surface area contributed by atoms with Gasteiger partial charge in [-0.15, -0.1) is 0 Å². The number of hydrogen-bond acceptors (Lipinski definition) is 4. The predicted octanol–water partition coefficient (Wildman–Crippen LogP) is 3.14. The van der Waals surface area contributed by atoms with Crippen LogP contribution in [0.5, 0.6) is 6.01 Å². The third-order valence-corrected chi connectivity index (χ3v) is 2.72. The normalized spacial score (nSPS) is 11.0. The number of anilines is 2. The molecule has 2 rings (SSSR count). The van der Waals surface area contributed by atoms with Gasteiger partial charge in [0.15, 0.2) is 5.82 Å². The number of nitrogens with one attached hydrogen (secondary N) is 2. The van der Waals surface area contributed by atoms with Crippen LogP contribution in [-0.2, 0) is 13.2 Å². The highest BCUT2D eigenvalue weighted by molar-refractivity contribution is 5.99. The maximum atomic E-state index is 12.4. The number of carbonyl (C=O) groups excluding carboxylic acids is 1. The second kappa shape index (κ2) is 6.48. The standard InChI is InChI=1S/C13H11F3N4O4/c1-20-6-9(19-11(20)24-12(22)23)18-10(21)17-8-4-2-7(3-5-8)13(14,15)16/h2-6H,1H3,(H,22,23)(H2,17,18,21). The number of carboxylic acid groups (broad SMARTS) is 1. The Morgan fingerprint density at radius 3 is 2.38 bits per heavy atom. The summed E-state index contributed by atoms with van der Waals surface area (Å²) in [5.41, 5.74) is -0.702. The molecule has 0 fully saturated rings. The Morgan fingerprint density at radius 2 is 1.83 bits per heavy atom. The smallest absolute Gasteiger partial charge is 0.449 e. The van der Waals surface area contributed by atoms with Crippen LogP contribution in [0.1, 0.15) is 5.56 Å². The molecule has 11 heteroatoms. The molecule has 0 saturated carbocycles. The lowest BCUT2D eigenvalue weighted by Gasteiger charge is -2.08. The molecule has 0 unspecified atom stereocenters. The lowest BCUT2D eigenvalue weighted by atomic mass is 10.2. The van der Waals surface area contributed by atoms with E-state index in [2.05, 4.69) is 20.4 Å². The lowest BCUT2D eigenvalue weighted by molar-refractivity contribution is -0.137. The Labute approximate surface area is 132 Å². The van der Waals surface area contributed by atoms with Crippen molar-refractivity contribution < 1.29 is 32.6 Å². The van der Waals surface area contributed by atoms with Crippen molar-refractivity contribution in [3.8, 4) is 6.01 Å². The van der Waals surface area contributed by atoms with E-state index in [4.69, 9.17) is 5.11 Å². The second-order valence-corrected chi connectivity index (χ2v) is 4.54. The molecule has 1 aromatic carbocycles. The monoisotopic (exact) mass is 344 g/mol. The number of aromatic nitrogens is 2. The van der Waals surface area contributed by atoms with Crippen LogP contribution in [0.4, 0.5) is 34.3 Å². The SMILES string of the molecule is Cn1cc(NC(=O)Nc2ccc(C(F)(F)F)cc2)nc1OC(=O)O. The summed E-state index contributed by atoms with van der Waals surface area (Å²) in [5, 5.41) is 13.1. The maximum Gasteiger partial charge on any atom is 0.513 e. The lowest BCUT2D eigenvalue weighted by Crippen LogP contribution is -2.19. The average Bonchev–Trinajstić information content (AvgIpc) is 2.77. The van der Waals surface area contributed by atoms with E-state index < -0.39 is 23.9 Å². The molecule has 0 aliphatic rings. The zero-order chi connectivity index (χ0) is 17.9. The number of carbonyl (C=O) groups is 2. The molecule has 8 nitrogen and oxygen atoms in total. The molecule has 0 saturated heterocycles. The van der Waals surface area contributed by atoms with Gasteiger partial charge in [0.05, 0.1) is 11.8 Å². The average molecular weight is 344 g/mol. The van der Waals surface area contributed by atoms with Crippen molar-refractivity contribution in [1.29, 1.82) is 0 Å². The summed E-state index contributed by atoms with van der Waals surface area (Å²) >= 11 is 0. The van der Waals surface area contributed by atoms with E-state index in [1.54, 1.807) is 0 Å². The number of benzene rings is 1. The van der Waals surface area contributed by atoms with Gasteiger partial charge >= 0.3 is 24.4 Å². The first-order valence-electron chi connectivity index (χ1n) is 6.34. The van der Waals surface area contributed by atoms with Crippen LogP contribution in [0.2, 0.25) is 0 Å². The Hall–Kier alpha value is -3.24. The largest absolute Gasteiger partial charge is 0.513 e. The van der Waals surface area contributed by atoms with E-state index in [-0.39, 0.29) is 17.5 Å². The van der Waals surface area contributed by atoms with Crippen molar-refractivity contribution in [2.45, 2.75) is 6.18 Å². The van der Waals surface area contributed by atoms with Gasteiger partial charge in [0, 0.05) is 12.7 Å². The second-order valence-electron chi connectivity index (χ2n) is 4.54. The van der Waals surface area contributed by atoms with Gasteiger partial charge in [-0.05, 0) is 24.3 Å². The predicted molar refractivity (Wildman–Crippen MR) is 75.9 cm³/mol. The van der Waals surface area contributed by atoms with Crippen LogP contribution in [0.25, 0.3) is 0 Å². The first-order valence-corrected chi connectivity index (χ1v) is 6.34. The molecule has 3 N–H and O–H groups in total. The summed E-state index contributed by atoms with van der Waals surface area (Å²) in [5.74, 6) is -0.00170. The summed E-state index contributed by atoms with van der Waals surface area (Å²) in [6, 6.07) is 2.83. The van der Waals surface area contributed by atoms with E-state index >= 15 is 0 Å². The maximum absolute atomic E-state index is 12.4. The van der Waals surface area contributed by atoms with Crippen molar-refractivity contribution in [2.24, 2.45) is 7.05 Å². The number of aryl methyl sites for hydroxylation is 1. The van der Waals surface area contributed by atoms with Crippen LogP contribution in [0, 0.1) is 0 Å². The molecule has 24 heavy (non-hydrogen) atoms. The quantitative estimate of drug-likeness (QED) is 0.742. The molecule has 0 atom stereocenters. The summed E-state index contributed by atoms with van der Waals surface area (Å²) in [7, 11) is 1.45. The number of nitrogens with zero attached hydrogens (tertiary/aromatic N) is 2. The minimum Gasteiger partial charge on any atom is -0.449 e. The van der Waals surface area contributed by atoms with Crippen molar-refractivity contribution in [1.82, 2.24) is 9.55 Å².